The first-order valence-corrected chi connectivity index (χ1v) is 6.42. The van der Waals surface area contributed by atoms with Crippen molar-refractivity contribution in [3.8, 4) is 11.9 Å². The van der Waals surface area contributed by atoms with Gasteiger partial charge in [0.1, 0.15) is 17.4 Å². The van der Waals surface area contributed by atoms with Crippen molar-refractivity contribution < 1.29 is 18.1 Å². The molecule has 0 aliphatic rings. The highest BCUT2D eigenvalue weighted by molar-refractivity contribution is 7.85. The van der Waals surface area contributed by atoms with E-state index in [4.69, 9.17) is 15.5 Å². The van der Waals surface area contributed by atoms with Gasteiger partial charge in [-0.2, -0.15) is 13.7 Å². The van der Waals surface area contributed by atoms with E-state index in [1.54, 1.807) is 6.07 Å². The summed E-state index contributed by atoms with van der Waals surface area (Å²) in [7, 11) is -4.40. The van der Waals surface area contributed by atoms with Crippen molar-refractivity contribution in [2.75, 3.05) is 6.54 Å². The van der Waals surface area contributed by atoms with Crippen molar-refractivity contribution in [1.82, 2.24) is 4.57 Å². The Bertz CT molecular complexity index is 656. The van der Waals surface area contributed by atoms with E-state index < -0.39 is 27.3 Å². The van der Waals surface area contributed by atoms with Crippen LogP contribution in [0, 0.1) is 11.3 Å². The molecule has 0 aliphatic heterocycles. The molecular formula is C9H11N3O5S. The molecule has 1 heterocycles. The molecule has 98 valence electrons. The fourth-order valence-electron chi connectivity index (χ4n) is 1.46. The molecule has 1 aromatic heterocycles. The lowest BCUT2D eigenvalue weighted by molar-refractivity contribution is 0.405. The fourth-order valence-corrected chi connectivity index (χ4v) is 2.08. The van der Waals surface area contributed by atoms with Gasteiger partial charge in [0, 0.05) is 19.2 Å². The molecule has 4 N–H and O–H groups in total. The van der Waals surface area contributed by atoms with Gasteiger partial charge in [-0.15, -0.1) is 0 Å². The van der Waals surface area contributed by atoms with E-state index in [1.165, 1.54) is 0 Å². The van der Waals surface area contributed by atoms with Gasteiger partial charge >= 0.3 is 0 Å². The van der Waals surface area contributed by atoms with Crippen molar-refractivity contribution >= 4 is 10.1 Å². The van der Waals surface area contributed by atoms with Crippen LogP contribution in [0.2, 0.25) is 0 Å². The second-order valence-corrected chi connectivity index (χ2v) is 4.94. The standard InChI is InChI=1S/C9H11N3O5S/c10-1-2-12-8(13)3-6(5-18(15,16)17)7(4-11)9(12)14/h3,14H,1-2,5,10H2,(H,15,16,17). The Hall–Kier alpha value is -1.89. The molecule has 9 heteroatoms. The Morgan fingerprint density at radius 3 is 2.56 bits per heavy atom. The molecule has 0 bridgehead atoms. The van der Waals surface area contributed by atoms with E-state index in [0.717, 1.165) is 10.6 Å². The van der Waals surface area contributed by atoms with E-state index in [2.05, 4.69) is 0 Å². The average Bonchev–Trinajstić information content (AvgIpc) is 2.22. The maximum Gasteiger partial charge on any atom is 0.269 e. The molecule has 0 amide bonds. The summed E-state index contributed by atoms with van der Waals surface area (Å²) in [4.78, 5) is 11.6. The van der Waals surface area contributed by atoms with Gasteiger partial charge < -0.3 is 10.8 Å². The molecule has 0 saturated heterocycles. The number of pyridine rings is 1. The molecular weight excluding hydrogens is 262 g/mol. The maximum absolute atomic E-state index is 11.6. The van der Waals surface area contributed by atoms with Crippen LogP contribution in [0.4, 0.5) is 0 Å². The summed E-state index contributed by atoms with van der Waals surface area (Å²) in [6, 6.07) is 2.46. The van der Waals surface area contributed by atoms with E-state index in [-0.39, 0.29) is 24.2 Å². The molecule has 0 spiro atoms. The van der Waals surface area contributed by atoms with E-state index >= 15 is 0 Å². The summed E-state index contributed by atoms with van der Waals surface area (Å²) in [5.41, 5.74) is 3.91. The van der Waals surface area contributed by atoms with Gasteiger partial charge in [0.15, 0.2) is 0 Å². The van der Waals surface area contributed by atoms with Crippen LogP contribution in [0.3, 0.4) is 0 Å². The quantitative estimate of drug-likeness (QED) is 0.582. The summed E-state index contributed by atoms with van der Waals surface area (Å²) in [5.74, 6) is -1.57. The third-order valence-electron chi connectivity index (χ3n) is 2.17. The van der Waals surface area contributed by atoms with Crippen molar-refractivity contribution in [1.29, 1.82) is 5.26 Å². The summed E-state index contributed by atoms with van der Waals surface area (Å²) in [6.45, 7) is 0.0570. The molecule has 0 aliphatic carbocycles. The topological polar surface area (TPSA) is 146 Å². The maximum atomic E-state index is 11.6. The number of hydrogen-bond donors (Lipinski definition) is 3. The van der Waals surface area contributed by atoms with Crippen LogP contribution in [0.1, 0.15) is 11.1 Å². The molecule has 8 nitrogen and oxygen atoms in total. The van der Waals surface area contributed by atoms with Crippen molar-refractivity contribution in [2.45, 2.75) is 12.3 Å². The van der Waals surface area contributed by atoms with Gasteiger partial charge in [-0.1, -0.05) is 0 Å². The minimum atomic E-state index is -4.40. The predicted octanol–water partition coefficient (Wildman–Crippen LogP) is -1.23. The van der Waals surface area contributed by atoms with Crippen LogP contribution >= 0.6 is 0 Å². The second kappa shape index (κ2) is 5.18. The third kappa shape index (κ3) is 3.07. The zero-order chi connectivity index (χ0) is 13.9. The molecule has 0 fully saturated rings. The lowest BCUT2D eigenvalue weighted by atomic mass is 10.1. The smallest absolute Gasteiger partial charge is 0.269 e. The van der Waals surface area contributed by atoms with Gasteiger partial charge in [0.2, 0.25) is 5.88 Å². The number of nitriles is 1. The van der Waals surface area contributed by atoms with Crippen LogP contribution in [-0.4, -0.2) is 29.2 Å². The summed E-state index contributed by atoms with van der Waals surface area (Å²) in [6.07, 6.45) is 0. The first-order chi connectivity index (χ1) is 8.30. The number of rotatable bonds is 4. The lowest BCUT2D eigenvalue weighted by Crippen LogP contribution is -2.25. The van der Waals surface area contributed by atoms with Gasteiger partial charge in [0.25, 0.3) is 15.7 Å². The molecule has 18 heavy (non-hydrogen) atoms. The highest BCUT2D eigenvalue weighted by Gasteiger charge is 2.18. The lowest BCUT2D eigenvalue weighted by Gasteiger charge is -2.10. The number of aromatic nitrogens is 1. The number of nitrogens with two attached hydrogens (primary N) is 1. The number of hydrogen-bond acceptors (Lipinski definition) is 6. The first kappa shape index (κ1) is 14.2. The van der Waals surface area contributed by atoms with E-state index in [1.807, 2.05) is 0 Å². The summed E-state index contributed by atoms with van der Waals surface area (Å²) >= 11 is 0. The number of aromatic hydroxyl groups is 1. The van der Waals surface area contributed by atoms with E-state index in [0.29, 0.717) is 0 Å². The normalized spacial score (nSPS) is 11.2. The SMILES string of the molecule is N#Cc1c(CS(=O)(=O)O)cc(=O)n(CCN)c1O. The zero-order valence-corrected chi connectivity index (χ0v) is 10.0. The Morgan fingerprint density at radius 1 is 1.50 bits per heavy atom. The predicted molar refractivity (Wildman–Crippen MR) is 61.4 cm³/mol. The van der Waals surface area contributed by atoms with Crippen molar-refractivity contribution in [3.63, 3.8) is 0 Å². The zero-order valence-electron chi connectivity index (χ0n) is 9.20. The van der Waals surface area contributed by atoms with Crippen LogP contribution in [-0.2, 0) is 22.4 Å². The van der Waals surface area contributed by atoms with Crippen molar-refractivity contribution in [3.05, 3.63) is 27.5 Å². The van der Waals surface area contributed by atoms with Gasteiger partial charge in [-0.3, -0.25) is 13.9 Å². The summed E-state index contributed by atoms with van der Waals surface area (Å²) in [5, 5.41) is 18.5. The van der Waals surface area contributed by atoms with Crippen LogP contribution in [0.15, 0.2) is 10.9 Å². The third-order valence-corrected chi connectivity index (χ3v) is 2.84. The highest BCUT2D eigenvalue weighted by Crippen LogP contribution is 2.19. The largest absolute Gasteiger partial charge is 0.493 e. The second-order valence-electron chi connectivity index (χ2n) is 3.48. The Balaban J connectivity index is 3.49. The van der Waals surface area contributed by atoms with Crippen LogP contribution in [0.5, 0.6) is 5.88 Å². The van der Waals surface area contributed by atoms with Gasteiger partial charge in [0.05, 0.1) is 0 Å². The van der Waals surface area contributed by atoms with Crippen molar-refractivity contribution in [2.24, 2.45) is 5.73 Å². The monoisotopic (exact) mass is 273 g/mol. The minimum Gasteiger partial charge on any atom is -0.493 e. The highest BCUT2D eigenvalue weighted by atomic mass is 32.2. The Morgan fingerprint density at radius 2 is 2.11 bits per heavy atom. The van der Waals surface area contributed by atoms with Crippen LogP contribution in [0.25, 0.3) is 0 Å². The summed E-state index contributed by atoms with van der Waals surface area (Å²) < 4.78 is 31.0. The number of nitrogens with zero attached hydrogens (tertiary/aromatic N) is 2. The molecule has 0 atom stereocenters. The first-order valence-electron chi connectivity index (χ1n) is 4.81. The Labute approximate surface area is 103 Å². The molecule has 0 radical (unpaired) electrons. The van der Waals surface area contributed by atoms with Gasteiger partial charge in [-0.25, -0.2) is 0 Å². The van der Waals surface area contributed by atoms with Crippen LogP contribution < -0.4 is 11.3 Å². The van der Waals surface area contributed by atoms with E-state index in [9.17, 15) is 18.3 Å². The molecule has 1 aromatic rings. The molecule has 0 aromatic carbocycles. The van der Waals surface area contributed by atoms with Gasteiger partial charge in [-0.05, 0) is 5.56 Å². The molecule has 0 unspecified atom stereocenters. The molecule has 0 saturated carbocycles. The fraction of sp³-hybridized carbons (Fsp3) is 0.333. The minimum absolute atomic E-state index is 0.00843. The Kier molecular flexibility index (Phi) is 4.07. The average molecular weight is 273 g/mol. The molecule has 1 rings (SSSR count).